The molecule has 1 spiro atoms. The van der Waals surface area contributed by atoms with E-state index in [1.807, 2.05) is 6.07 Å². The van der Waals surface area contributed by atoms with E-state index in [9.17, 15) is 18.3 Å². The predicted octanol–water partition coefficient (Wildman–Crippen LogP) is 4.12. The molecule has 3 aliphatic rings. The zero-order valence-corrected chi connectivity index (χ0v) is 23.3. The molecule has 1 aromatic heterocycles. The van der Waals surface area contributed by atoms with Gasteiger partial charge >= 0.3 is 0 Å². The van der Waals surface area contributed by atoms with Crippen LogP contribution in [0.25, 0.3) is 0 Å². The van der Waals surface area contributed by atoms with Gasteiger partial charge in [0.15, 0.2) is 0 Å². The number of amides is 1. The molecule has 2 aromatic rings. The van der Waals surface area contributed by atoms with Crippen molar-refractivity contribution in [3.05, 3.63) is 42.0 Å². The Balaban J connectivity index is 1.38. The van der Waals surface area contributed by atoms with Crippen molar-refractivity contribution in [3.63, 3.8) is 0 Å². The predicted molar refractivity (Wildman–Crippen MR) is 149 cm³/mol. The lowest BCUT2D eigenvalue weighted by Crippen LogP contribution is -2.40. The van der Waals surface area contributed by atoms with Crippen molar-refractivity contribution in [1.29, 1.82) is 0 Å². The summed E-state index contributed by atoms with van der Waals surface area (Å²) in [4.78, 5) is 20.7. The summed E-state index contributed by atoms with van der Waals surface area (Å²) >= 11 is 0. The zero-order valence-electron chi connectivity index (χ0n) is 22.5. The van der Waals surface area contributed by atoms with E-state index in [0.29, 0.717) is 34.7 Å². The van der Waals surface area contributed by atoms with Gasteiger partial charge in [0, 0.05) is 30.4 Å². The number of aromatic nitrogens is 1. The molecule has 2 aliphatic carbocycles. The first-order valence-electron chi connectivity index (χ1n) is 13.6. The number of benzene rings is 1. The topological polar surface area (TPSA) is 124 Å². The maximum atomic E-state index is 13.5. The van der Waals surface area contributed by atoms with E-state index in [1.165, 1.54) is 25.0 Å². The Hall–Kier alpha value is -2.69. The van der Waals surface area contributed by atoms with Crippen molar-refractivity contribution < 1.29 is 18.3 Å². The number of aliphatic hydroxyl groups excluding tert-OH is 1. The highest BCUT2D eigenvalue weighted by atomic mass is 32.2. The number of anilines is 3. The third-order valence-electron chi connectivity index (χ3n) is 7.80. The number of sulfonamides is 1. The minimum atomic E-state index is -3.74. The van der Waals surface area contributed by atoms with Crippen LogP contribution < -0.4 is 20.3 Å². The van der Waals surface area contributed by atoms with Crippen LogP contribution >= 0.6 is 0 Å². The fraction of sp³-hybridized carbons (Fsp3) is 0.571. The van der Waals surface area contributed by atoms with Gasteiger partial charge in [-0.25, -0.2) is 18.1 Å². The SMILES string of the molecule is CC(C)(C)NS(=O)(=O)c1cccc(NC(=O)c2ccc(N[C@@H]3CC[C@H](O)C3)nc2N2CCC3(CC2)CC3)c1. The molecule has 0 bridgehead atoms. The monoisotopic (exact) mass is 541 g/mol. The number of hydrogen-bond acceptors (Lipinski definition) is 7. The summed E-state index contributed by atoms with van der Waals surface area (Å²) in [6.45, 7) is 7.05. The Morgan fingerprint density at radius 3 is 2.45 bits per heavy atom. The minimum absolute atomic E-state index is 0.0904. The van der Waals surface area contributed by atoms with Gasteiger partial charge in [-0.3, -0.25) is 4.79 Å². The third-order valence-corrected chi connectivity index (χ3v) is 9.56. The molecule has 1 amide bonds. The van der Waals surface area contributed by atoms with Crippen LogP contribution in [0.4, 0.5) is 17.3 Å². The third kappa shape index (κ3) is 6.30. The average Bonchev–Trinajstić information content (AvgIpc) is 3.47. The Kier molecular flexibility index (Phi) is 7.17. The molecule has 2 saturated carbocycles. The molecule has 4 N–H and O–H groups in total. The molecule has 1 saturated heterocycles. The first-order chi connectivity index (χ1) is 17.9. The van der Waals surface area contributed by atoms with Crippen LogP contribution in [0.15, 0.2) is 41.3 Å². The normalized spacial score (nSPS) is 22.9. The van der Waals surface area contributed by atoms with Gasteiger partial charge in [-0.05, 0) is 101 Å². The molecule has 38 heavy (non-hydrogen) atoms. The summed E-state index contributed by atoms with van der Waals surface area (Å²) in [7, 11) is -3.74. The first-order valence-corrected chi connectivity index (χ1v) is 15.1. The summed E-state index contributed by atoms with van der Waals surface area (Å²) < 4.78 is 28.3. The zero-order chi connectivity index (χ0) is 27.1. The molecule has 9 nitrogen and oxygen atoms in total. The molecule has 0 unspecified atom stereocenters. The molecule has 5 rings (SSSR count). The first kappa shape index (κ1) is 26.9. The summed E-state index contributed by atoms with van der Waals surface area (Å²) in [6, 6.07) is 10.0. The van der Waals surface area contributed by atoms with Crippen molar-refractivity contribution in [1.82, 2.24) is 9.71 Å². The van der Waals surface area contributed by atoms with Crippen molar-refractivity contribution in [3.8, 4) is 0 Å². The standard InChI is InChI=1S/C28H39N5O4S/c1-27(2,3)32-38(36,37)22-6-4-5-19(18-22)30-26(35)23-9-10-24(29-20-7-8-21(34)17-20)31-25(23)33-15-13-28(11-12-28)14-16-33/h4-6,9-10,18,20-21,32,34H,7-8,11-17H2,1-3H3,(H,29,31)(H,30,35)/t20-,21+/m1/s1. The van der Waals surface area contributed by atoms with Crippen LogP contribution in [0.2, 0.25) is 0 Å². The Morgan fingerprint density at radius 2 is 1.82 bits per heavy atom. The van der Waals surface area contributed by atoms with E-state index in [0.717, 1.165) is 38.8 Å². The number of pyridine rings is 1. The van der Waals surface area contributed by atoms with Crippen LogP contribution in [-0.4, -0.2) is 55.2 Å². The Bertz CT molecular complexity index is 1290. The fourth-order valence-corrected chi connectivity index (χ4v) is 6.98. The maximum absolute atomic E-state index is 13.5. The number of aliphatic hydroxyl groups is 1. The number of piperidine rings is 1. The lowest BCUT2D eigenvalue weighted by atomic mass is 9.93. The second-order valence-electron chi connectivity index (χ2n) is 12.2. The van der Waals surface area contributed by atoms with E-state index >= 15 is 0 Å². The molecule has 2 heterocycles. The van der Waals surface area contributed by atoms with Gasteiger partial charge in [0.25, 0.3) is 5.91 Å². The second-order valence-corrected chi connectivity index (χ2v) is 13.9. The number of hydrogen-bond donors (Lipinski definition) is 4. The van der Waals surface area contributed by atoms with Gasteiger partial charge in [-0.15, -0.1) is 0 Å². The number of carbonyl (C=O) groups is 1. The molecule has 206 valence electrons. The molecule has 0 radical (unpaired) electrons. The molecule has 3 fully saturated rings. The molecular formula is C28H39N5O4S. The van der Waals surface area contributed by atoms with Crippen LogP contribution in [-0.2, 0) is 10.0 Å². The van der Waals surface area contributed by atoms with Gasteiger partial charge in [0.1, 0.15) is 11.6 Å². The van der Waals surface area contributed by atoms with E-state index in [2.05, 4.69) is 20.3 Å². The quantitative estimate of drug-likeness (QED) is 0.416. The van der Waals surface area contributed by atoms with Crippen molar-refractivity contribution >= 4 is 33.3 Å². The van der Waals surface area contributed by atoms with Gasteiger partial charge in [0.2, 0.25) is 10.0 Å². The van der Waals surface area contributed by atoms with Gasteiger partial charge in [0.05, 0.1) is 16.6 Å². The highest BCUT2D eigenvalue weighted by Gasteiger charge is 2.45. The molecule has 10 heteroatoms. The molecule has 2 atom stereocenters. The maximum Gasteiger partial charge on any atom is 0.259 e. The number of nitrogens with one attached hydrogen (secondary N) is 3. The minimum Gasteiger partial charge on any atom is -0.393 e. The van der Waals surface area contributed by atoms with Gasteiger partial charge < -0.3 is 20.6 Å². The molecule has 1 aromatic carbocycles. The smallest absolute Gasteiger partial charge is 0.259 e. The Morgan fingerprint density at radius 1 is 1.08 bits per heavy atom. The van der Waals surface area contributed by atoms with Crippen molar-refractivity contribution in [2.24, 2.45) is 5.41 Å². The molecule has 1 aliphatic heterocycles. The lowest BCUT2D eigenvalue weighted by molar-refractivity contribution is 0.102. The lowest BCUT2D eigenvalue weighted by Gasteiger charge is -2.34. The highest BCUT2D eigenvalue weighted by Crippen LogP contribution is 2.54. The van der Waals surface area contributed by atoms with Crippen LogP contribution in [0.3, 0.4) is 0 Å². The largest absolute Gasteiger partial charge is 0.393 e. The summed E-state index contributed by atoms with van der Waals surface area (Å²) in [5, 5.41) is 16.2. The van der Waals surface area contributed by atoms with E-state index < -0.39 is 15.6 Å². The van der Waals surface area contributed by atoms with Crippen LogP contribution in [0.5, 0.6) is 0 Å². The summed E-state index contributed by atoms with van der Waals surface area (Å²) in [5.74, 6) is 1.00. The molecular weight excluding hydrogens is 502 g/mol. The second kappa shape index (κ2) is 10.1. The van der Waals surface area contributed by atoms with Crippen LogP contribution in [0, 0.1) is 5.41 Å². The van der Waals surface area contributed by atoms with E-state index in [-0.39, 0.29) is 22.9 Å². The van der Waals surface area contributed by atoms with Crippen LogP contribution in [0.1, 0.15) is 76.1 Å². The number of carbonyl (C=O) groups excluding carboxylic acids is 1. The summed E-state index contributed by atoms with van der Waals surface area (Å²) in [6.07, 6.45) is 6.84. The van der Waals surface area contributed by atoms with E-state index in [1.54, 1.807) is 39.0 Å². The van der Waals surface area contributed by atoms with Crippen molar-refractivity contribution in [2.45, 2.75) is 88.3 Å². The highest BCUT2D eigenvalue weighted by molar-refractivity contribution is 7.89. The average molecular weight is 542 g/mol. The fourth-order valence-electron chi connectivity index (χ4n) is 5.52. The number of rotatable bonds is 7. The number of nitrogens with zero attached hydrogens (tertiary/aromatic N) is 2. The van der Waals surface area contributed by atoms with E-state index in [4.69, 9.17) is 4.98 Å². The van der Waals surface area contributed by atoms with Crippen molar-refractivity contribution in [2.75, 3.05) is 28.6 Å². The Labute approximate surface area is 225 Å². The van der Waals surface area contributed by atoms with Gasteiger partial charge in [-0.1, -0.05) is 6.07 Å². The summed E-state index contributed by atoms with van der Waals surface area (Å²) in [5.41, 5.74) is 0.714. The van der Waals surface area contributed by atoms with Gasteiger partial charge in [-0.2, -0.15) is 0 Å².